The second-order valence-corrected chi connectivity index (χ2v) is 8.38. The fraction of sp³-hybridized carbons (Fsp3) is 0.200. The van der Waals surface area contributed by atoms with Gasteiger partial charge in [-0.05, 0) is 43.3 Å². The van der Waals surface area contributed by atoms with E-state index in [2.05, 4.69) is 9.97 Å². The van der Waals surface area contributed by atoms with Crippen molar-refractivity contribution < 1.29 is 13.5 Å². The number of H-pyrrole nitrogens is 1. The average molecular weight is 416 g/mol. The summed E-state index contributed by atoms with van der Waals surface area (Å²) in [5, 5.41) is 2.45. The molecular formula is C20H17FN2O3S2. The fourth-order valence-corrected chi connectivity index (χ4v) is 4.50. The predicted molar refractivity (Wildman–Crippen MR) is 111 cm³/mol. The van der Waals surface area contributed by atoms with Crippen molar-refractivity contribution in [3.63, 3.8) is 0 Å². The summed E-state index contributed by atoms with van der Waals surface area (Å²) in [7, 11) is 0. The van der Waals surface area contributed by atoms with E-state index in [1.807, 2.05) is 18.4 Å². The highest BCUT2D eigenvalue weighted by Crippen LogP contribution is 2.32. The second-order valence-electron chi connectivity index (χ2n) is 6.07. The molecule has 0 amide bonds. The van der Waals surface area contributed by atoms with Gasteiger partial charge in [0.2, 0.25) is 0 Å². The average Bonchev–Trinajstić information content (AvgIpc) is 3.36. The van der Waals surface area contributed by atoms with E-state index in [9.17, 15) is 9.18 Å². The Morgan fingerprint density at radius 1 is 1.32 bits per heavy atom. The lowest BCUT2D eigenvalue weighted by Gasteiger charge is -2.11. The first-order chi connectivity index (χ1) is 13.6. The lowest BCUT2D eigenvalue weighted by atomic mass is 10.2. The van der Waals surface area contributed by atoms with Crippen LogP contribution in [0.4, 0.5) is 4.39 Å². The van der Waals surface area contributed by atoms with E-state index in [1.54, 1.807) is 36.2 Å². The van der Waals surface area contributed by atoms with E-state index in [0.717, 1.165) is 5.56 Å². The SMILES string of the molecule is CC(SCCOc1ccc(F)cc1)c1nc2scc(-c3ccco3)c2c(=O)[nH]1. The van der Waals surface area contributed by atoms with Gasteiger partial charge < -0.3 is 14.1 Å². The Kier molecular flexibility index (Phi) is 5.50. The lowest BCUT2D eigenvalue weighted by molar-refractivity contribution is 0.343. The fourth-order valence-electron chi connectivity index (χ4n) is 2.77. The van der Waals surface area contributed by atoms with Crippen LogP contribution in [0.25, 0.3) is 21.5 Å². The topological polar surface area (TPSA) is 68.1 Å². The molecule has 0 aliphatic heterocycles. The molecule has 5 nitrogen and oxygen atoms in total. The molecule has 0 bridgehead atoms. The third kappa shape index (κ3) is 3.98. The van der Waals surface area contributed by atoms with Crippen LogP contribution in [0.5, 0.6) is 5.75 Å². The lowest BCUT2D eigenvalue weighted by Crippen LogP contribution is -2.13. The first-order valence-electron chi connectivity index (χ1n) is 8.67. The van der Waals surface area contributed by atoms with Crippen LogP contribution in [0.15, 0.2) is 57.3 Å². The Balaban J connectivity index is 1.42. The molecule has 8 heteroatoms. The number of thioether (sulfide) groups is 1. The van der Waals surface area contributed by atoms with Crippen LogP contribution in [0.2, 0.25) is 0 Å². The molecule has 0 saturated carbocycles. The van der Waals surface area contributed by atoms with Gasteiger partial charge in [-0.2, -0.15) is 0 Å². The molecule has 0 fully saturated rings. The van der Waals surface area contributed by atoms with Gasteiger partial charge in [0.15, 0.2) is 0 Å². The molecule has 3 aromatic heterocycles. The number of nitrogens with one attached hydrogen (secondary N) is 1. The van der Waals surface area contributed by atoms with Crippen LogP contribution in [0.1, 0.15) is 18.0 Å². The van der Waals surface area contributed by atoms with Gasteiger partial charge >= 0.3 is 0 Å². The third-order valence-electron chi connectivity index (χ3n) is 4.17. The van der Waals surface area contributed by atoms with E-state index in [4.69, 9.17) is 9.15 Å². The van der Waals surface area contributed by atoms with E-state index in [1.165, 1.54) is 23.5 Å². The van der Waals surface area contributed by atoms with Crippen molar-refractivity contribution in [2.75, 3.05) is 12.4 Å². The summed E-state index contributed by atoms with van der Waals surface area (Å²) in [6, 6.07) is 9.56. The zero-order chi connectivity index (χ0) is 19.5. The van der Waals surface area contributed by atoms with E-state index < -0.39 is 0 Å². The summed E-state index contributed by atoms with van der Waals surface area (Å²) < 4.78 is 23.9. The maximum atomic E-state index is 12.9. The van der Waals surface area contributed by atoms with Crippen molar-refractivity contribution in [1.29, 1.82) is 0 Å². The standard InChI is InChI=1S/C20H17FN2O3S2/c1-12(27-10-9-25-14-6-4-13(21)5-7-14)18-22-19(24)17-15(11-28-20(17)23-18)16-3-2-8-26-16/h2-8,11-12H,9-10H2,1H3,(H,22,23,24). The molecule has 4 rings (SSSR count). The summed E-state index contributed by atoms with van der Waals surface area (Å²) in [4.78, 5) is 20.9. The van der Waals surface area contributed by atoms with Gasteiger partial charge in [-0.25, -0.2) is 9.37 Å². The van der Waals surface area contributed by atoms with Gasteiger partial charge in [0.05, 0.1) is 23.5 Å². The number of halogens is 1. The normalized spacial score (nSPS) is 12.4. The van der Waals surface area contributed by atoms with Crippen LogP contribution in [-0.4, -0.2) is 22.3 Å². The molecule has 1 unspecified atom stereocenters. The van der Waals surface area contributed by atoms with Crippen LogP contribution in [0.3, 0.4) is 0 Å². The first kappa shape index (κ1) is 18.8. The van der Waals surface area contributed by atoms with Crippen molar-refractivity contribution in [2.24, 2.45) is 0 Å². The molecular weight excluding hydrogens is 399 g/mol. The largest absolute Gasteiger partial charge is 0.493 e. The van der Waals surface area contributed by atoms with Crippen LogP contribution < -0.4 is 10.3 Å². The quantitative estimate of drug-likeness (QED) is 0.416. The molecule has 1 N–H and O–H groups in total. The maximum absolute atomic E-state index is 12.9. The summed E-state index contributed by atoms with van der Waals surface area (Å²) >= 11 is 3.06. The number of furan rings is 1. The van der Waals surface area contributed by atoms with Gasteiger partial charge in [0.1, 0.15) is 28.0 Å². The number of fused-ring (bicyclic) bond motifs is 1. The number of aromatic nitrogens is 2. The highest BCUT2D eigenvalue weighted by molar-refractivity contribution is 7.99. The molecule has 1 atom stereocenters. The summed E-state index contributed by atoms with van der Waals surface area (Å²) in [5.41, 5.74) is 0.598. The number of rotatable bonds is 7. The molecule has 0 radical (unpaired) electrons. The number of hydrogen-bond acceptors (Lipinski definition) is 6. The molecule has 0 aliphatic carbocycles. The minimum Gasteiger partial charge on any atom is -0.493 e. The molecule has 4 aromatic rings. The minimum atomic E-state index is -0.287. The van der Waals surface area contributed by atoms with E-state index in [0.29, 0.717) is 39.9 Å². The molecule has 144 valence electrons. The maximum Gasteiger partial charge on any atom is 0.260 e. The van der Waals surface area contributed by atoms with Crippen molar-refractivity contribution in [1.82, 2.24) is 9.97 Å². The predicted octanol–water partition coefficient (Wildman–Crippen LogP) is 5.26. The van der Waals surface area contributed by atoms with E-state index in [-0.39, 0.29) is 16.6 Å². The Bertz CT molecular complexity index is 1120. The minimum absolute atomic E-state index is 0.00285. The number of ether oxygens (including phenoxy) is 1. The number of nitrogens with zero attached hydrogens (tertiary/aromatic N) is 1. The number of benzene rings is 1. The summed E-state index contributed by atoms with van der Waals surface area (Å²) in [6.07, 6.45) is 1.58. The molecule has 1 aromatic carbocycles. The van der Waals surface area contributed by atoms with Crippen molar-refractivity contribution in [3.8, 4) is 17.1 Å². The Labute approximate surface area is 168 Å². The van der Waals surface area contributed by atoms with Gasteiger partial charge in [0, 0.05) is 16.7 Å². The van der Waals surface area contributed by atoms with Crippen LogP contribution in [0, 0.1) is 5.82 Å². The second kappa shape index (κ2) is 8.20. The van der Waals surface area contributed by atoms with E-state index >= 15 is 0 Å². The van der Waals surface area contributed by atoms with Crippen molar-refractivity contribution >= 4 is 33.3 Å². The number of hydrogen-bond donors (Lipinski definition) is 1. The third-order valence-corrected chi connectivity index (χ3v) is 6.17. The summed E-state index contributed by atoms with van der Waals surface area (Å²) in [6.45, 7) is 2.47. The van der Waals surface area contributed by atoms with Crippen LogP contribution >= 0.6 is 23.1 Å². The van der Waals surface area contributed by atoms with Gasteiger partial charge in [-0.15, -0.1) is 23.1 Å². The first-order valence-corrected chi connectivity index (χ1v) is 10.6. The zero-order valence-electron chi connectivity index (χ0n) is 15.0. The molecule has 0 spiro atoms. The monoisotopic (exact) mass is 416 g/mol. The van der Waals surface area contributed by atoms with Gasteiger partial charge in [0.25, 0.3) is 5.56 Å². The highest BCUT2D eigenvalue weighted by atomic mass is 32.2. The Hall–Kier alpha value is -2.58. The molecule has 3 heterocycles. The van der Waals surface area contributed by atoms with Crippen molar-refractivity contribution in [2.45, 2.75) is 12.2 Å². The number of thiophene rings is 1. The molecule has 0 saturated heterocycles. The smallest absolute Gasteiger partial charge is 0.260 e. The molecule has 0 aliphatic rings. The van der Waals surface area contributed by atoms with Gasteiger partial charge in [-0.3, -0.25) is 4.79 Å². The summed E-state index contributed by atoms with van der Waals surface area (Å²) in [5.74, 6) is 2.35. The zero-order valence-corrected chi connectivity index (χ0v) is 16.6. The van der Waals surface area contributed by atoms with Crippen LogP contribution in [-0.2, 0) is 0 Å². The van der Waals surface area contributed by atoms with Gasteiger partial charge in [-0.1, -0.05) is 0 Å². The number of aromatic amines is 1. The Morgan fingerprint density at radius 2 is 2.14 bits per heavy atom. The molecule has 28 heavy (non-hydrogen) atoms. The highest BCUT2D eigenvalue weighted by Gasteiger charge is 2.17. The van der Waals surface area contributed by atoms with Crippen molar-refractivity contribution in [3.05, 3.63) is 70.0 Å². The Morgan fingerprint density at radius 3 is 2.89 bits per heavy atom.